The summed E-state index contributed by atoms with van der Waals surface area (Å²) in [6.07, 6.45) is 2.83. The second-order valence-electron chi connectivity index (χ2n) is 4.82. The van der Waals surface area contributed by atoms with Gasteiger partial charge in [0.05, 0.1) is 16.6 Å². The van der Waals surface area contributed by atoms with Gasteiger partial charge in [-0.25, -0.2) is 4.98 Å². The molecule has 1 aromatic heterocycles. The number of rotatable bonds is 6. The van der Waals surface area contributed by atoms with Crippen LogP contribution < -0.4 is 10.6 Å². The van der Waals surface area contributed by atoms with Crippen LogP contribution in [-0.4, -0.2) is 41.6 Å². The summed E-state index contributed by atoms with van der Waals surface area (Å²) in [6, 6.07) is 1.27. The Bertz CT molecular complexity index is 543. The van der Waals surface area contributed by atoms with Crippen molar-refractivity contribution in [3.05, 3.63) is 27.9 Å². The lowest BCUT2D eigenvalue weighted by Crippen LogP contribution is -2.47. The zero-order chi connectivity index (χ0) is 15.4. The van der Waals surface area contributed by atoms with Gasteiger partial charge in [-0.2, -0.15) is 0 Å². The second-order valence-corrected chi connectivity index (χ2v) is 4.82. The molecule has 1 aliphatic rings. The van der Waals surface area contributed by atoms with E-state index in [2.05, 4.69) is 15.6 Å². The highest BCUT2D eigenvalue weighted by molar-refractivity contribution is 5.99. The van der Waals surface area contributed by atoms with Crippen LogP contribution in [0.5, 0.6) is 0 Å². The number of pyridine rings is 1. The monoisotopic (exact) mass is 294 g/mol. The van der Waals surface area contributed by atoms with Crippen LogP contribution in [0.2, 0.25) is 0 Å². The molecule has 114 valence electrons. The highest BCUT2D eigenvalue weighted by Crippen LogP contribution is 2.25. The van der Waals surface area contributed by atoms with Crippen molar-refractivity contribution >= 4 is 17.4 Å². The lowest BCUT2D eigenvalue weighted by Gasteiger charge is -2.35. The molecule has 0 unspecified atom stereocenters. The molecule has 1 heterocycles. The number of nitrogens with zero attached hydrogens (tertiary/aromatic N) is 2. The number of nitrogens with one attached hydrogen (secondary N) is 2. The smallest absolute Gasteiger partial charge is 0.288 e. The molecule has 1 saturated carbocycles. The summed E-state index contributed by atoms with van der Waals surface area (Å²) in [6.45, 7) is 2.59. The molecule has 0 saturated heterocycles. The number of aromatic nitrogens is 1. The molecule has 0 bridgehead atoms. The van der Waals surface area contributed by atoms with Gasteiger partial charge in [-0.3, -0.25) is 14.9 Å². The summed E-state index contributed by atoms with van der Waals surface area (Å²) < 4.78 is 5.43. The Kier molecular flexibility index (Phi) is 4.69. The first-order valence-corrected chi connectivity index (χ1v) is 6.79. The maximum Gasteiger partial charge on any atom is 0.288 e. The van der Waals surface area contributed by atoms with Crippen molar-refractivity contribution in [3.8, 4) is 0 Å². The van der Waals surface area contributed by atoms with Gasteiger partial charge in [0.15, 0.2) is 0 Å². The molecule has 0 spiro atoms. The lowest BCUT2D eigenvalue weighted by atomic mass is 9.89. The molecule has 2 rings (SSSR count). The van der Waals surface area contributed by atoms with Gasteiger partial charge in [0.25, 0.3) is 11.6 Å². The van der Waals surface area contributed by atoms with E-state index in [9.17, 15) is 14.9 Å². The molecule has 0 atom stereocenters. The van der Waals surface area contributed by atoms with Crippen LogP contribution in [0.1, 0.15) is 30.1 Å². The van der Waals surface area contributed by atoms with Crippen LogP contribution in [0.4, 0.5) is 11.5 Å². The van der Waals surface area contributed by atoms with Crippen molar-refractivity contribution in [1.29, 1.82) is 0 Å². The van der Waals surface area contributed by atoms with Gasteiger partial charge in [-0.05, 0) is 19.8 Å². The SMILES string of the molecule is CCOC1CC(NC(=O)c2cc([N+](=O)[O-])cnc2NC)C1. The molecule has 2 N–H and O–H groups in total. The lowest BCUT2D eigenvalue weighted by molar-refractivity contribution is -0.385. The minimum Gasteiger partial charge on any atom is -0.378 e. The Morgan fingerprint density at radius 3 is 2.86 bits per heavy atom. The zero-order valence-electron chi connectivity index (χ0n) is 12.0. The number of nitro groups is 1. The van der Waals surface area contributed by atoms with E-state index >= 15 is 0 Å². The summed E-state index contributed by atoms with van der Waals surface area (Å²) in [4.78, 5) is 26.3. The van der Waals surface area contributed by atoms with Crippen LogP contribution in [-0.2, 0) is 4.74 Å². The van der Waals surface area contributed by atoms with Crippen LogP contribution in [0, 0.1) is 10.1 Å². The Balaban J connectivity index is 2.05. The van der Waals surface area contributed by atoms with Gasteiger partial charge in [-0.1, -0.05) is 0 Å². The minimum absolute atomic E-state index is 0.0398. The summed E-state index contributed by atoms with van der Waals surface area (Å²) in [5, 5.41) is 16.4. The van der Waals surface area contributed by atoms with Crippen molar-refractivity contribution in [2.45, 2.75) is 31.9 Å². The minimum atomic E-state index is -0.572. The maximum atomic E-state index is 12.2. The van der Waals surface area contributed by atoms with Gasteiger partial charge in [0, 0.05) is 25.8 Å². The largest absolute Gasteiger partial charge is 0.378 e. The van der Waals surface area contributed by atoms with E-state index in [4.69, 9.17) is 4.74 Å². The quantitative estimate of drug-likeness (QED) is 0.605. The van der Waals surface area contributed by atoms with Crippen LogP contribution in [0.15, 0.2) is 12.3 Å². The number of anilines is 1. The third kappa shape index (κ3) is 3.46. The Morgan fingerprint density at radius 1 is 1.57 bits per heavy atom. The van der Waals surface area contributed by atoms with E-state index in [-0.39, 0.29) is 29.3 Å². The van der Waals surface area contributed by atoms with Crippen molar-refractivity contribution in [2.24, 2.45) is 0 Å². The number of hydrogen-bond donors (Lipinski definition) is 2. The normalized spacial score (nSPS) is 20.5. The topological polar surface area (TPSA) is 106 Å². The molecule has 8 heteroatoms. The number of carbonyl (C=O) groups is 1. The summed E-state index contributed by atoms with van der Waals surface area (Å²) >= 11 is 0. The first kappa shape index (κ1) is 15.2. The Labute approximate surface area is 122 Å². The van der Waals surface area contributed by atoms with E-state index in [1.807, 2.05) is 6.92 Å². The van der Waals surface area contributed by atoms with Gasteiger partial charge in [0.1, 0.15) is 12.0 Å². The number of ether oxygens (including phenoxy) is 1. The summed E-state index contributed by atoms with van der Waals surface area (Å²) in [5.41, 5.74) is -0.0356. The van der Waals surface area contributed by atoms with Crippen LogP contribution in [0.25, 0.3) is 0 Å². The number of carbonyl (C=O) groups excluding carboxylic acids is 1. The first-order valence-electron chi connectivity index (χ1n) is 6.79. The van der Waals surface area contributed by atoms with E-state index in [1.165, 1.54) is 6.07 Å². The highest BCUT2D eigenvalue weighted by atomic mass is 16.6. The molecular formula is C13H18N4O4. The summed E-state index contributed by atoms with van der Waals surface area (Å²) in [7, 11) is 1.61. The predicted molar refractivity (Wildman–Crippen MR) is 76.3 cm³/mol. The second kappa shape index (κ2) is 6.49. The fourth-order valence-corrected chi connectivity index (χ4v) is 2.24. The molecule has 1 amide bonds. The van der Waals surface area contributed by atoms with E-state index in [0.29, 0.717) is 12.4 Å². The first-order chi connectivity index (χ1) is 10.0. The molecule has 0 radical (unpaired) electrons. The third-order valence-electron chi connectivity index (χ3n) is 3.40. The zero-order valence-corrected chi connectivity index (χ0v) is 12.0. The molecule has 1 aromatic rings. The maximum absolute atomic E-state index is 12.2. The molecule has 0 aliphatic heterocycles. The van der Waals surface area contributed by atoms with Crippen LogP contribution >= 0.6 is 0 Å². The molecule has 1 fully saturated rings. The van der Waals surface area contributed by atoms with Crippen molar-refractivity contribution in [2.75, 3.05) is 19.0 Å². The number of amides is 1. The standard InChI is InChI=1S/C13H18N4O4/c1-3-21-10-4-8(5-10)16-13(18)11-6-9(17(19)20)7-15-12(11)14-2/h6-8,10H,3-5H2,1-2H3,(H,14,15)(H,16,18). The predicted octanol–water partition coefficient (Wildman–Crippen LogP) is 1.33. The average molecular weight is 294 g/mol. The van der Waals surface area contributed by atoms with Gasteiger partial charge in [-0.15, -0.1) is 0 Å². The molecule has 0 aromatic carbocycles. The third-order valence-corrected chi connectivity index (χ3v) is 3.40. The van der Waals surface area contributed by atoms with Gasteiger partial charge < -0.3 is 15.4 Å². The molecule has 21 heavy (non-hydrogen) atoms. The fourth-order valence-electron chi connectivity index (χ4n) is 2.24. The fraction of sp³-hybridized carbons (Fsp3) is 0.538. The summed E-state index contributed by atoms with van der Waals surface area (Å²) in [5.74, 6) is -0.0470. The van der Waals surface area contributed by atoms with Crippen molar-refractivity contribution < 1.29 is 14.5 Å². The van der Waals surface area contributed by atoms with E-state index < -0.39 is 4.92 Å². The Morgan fingerprint density at radius 2 is 2.29 bits per heavy atom. The highest BCUT2D eigenvalue weighted by Gasteiger charge is 2.31. The molecule has 1 aliphatic carbocycles. The molecular weight excluding hydrogens is 276 g/mol. The molecule has 8 nitrogen and oxygen atoms in total. The van der Waals surface area contributed by atoms with Crippen molar-refractivity contribution in [1.82, 2.24) is 10.3 Å². The van der Waals surface area contributed by atoms with E-state index in [1.54, 1.807) is 7.05 Å². The van der Waals surface area contributed by atoms with Crippen molar-refractivity contribution in [3.63, 3.8) is 0 Å². The number of hydrogen-bond acceptors (Lipinski definition) is 6. The van der Waals surface area contributed by atoms with Gasteiger partial charge >= 0.3 is 0 Å². The van der Waals surface area contributed by atoms with Crippen LogP contribution in [0.3, 0.4) is 0 Å². The average Bonchev–Trinajstić information content (AvgIpc) is 2.44. The van der Waals surface area contributed by atoms with Gasteiger partial charge in [0.2, 0.25) is 0 Å². The Hall–Kier alpha value is -2.22. The van der Waals surface area contributed by atoms with E-state index in [0.717, 1.165) is 19.0 Å².